The molecule has 0 radical (unpaired) electrons. The third-order valence-electron chi connectivity index (χ3n) is 6.39. The maximum absolute atomic E-state index is 13.4. The number of hydrogen-bond donors (Lipinski definition) is 1. The highest BCUT2D eigenvalue weighted by molar-refractivity contribution is 6.35. The Kier molecular flexibility index (Phi) is 7.00. The predicted octanol–water partition coefficient (Wildman–Crippen LogP) is 3.01. The van der Waals surface area contributed by atoms with Crippen molar-refractivity contribution in [3.8, 4) is 5.75 Å². The number of amides is 4. The van der Waals surface area contributed by atoms with Crippen LogP contribution in [0.4, 0.5) is 14.9 Å². The van der Waals surface area contributed by atoms with E-state index in [0.29, 0.717) is 56.0 Å². The predicted molar refractivity (Wildman–Crippen MR) is 125 cm³/mol. The average molecular weight is 469 g/mol. The monoisotopic (exact) mass is 468 g/mol. The summed E-state index contributed by atoms with van der Waals surface area (Å²) in [6.07, 6.45) is 1.20. The molecule has 2 saturated heterocycles. The Hall–Kier alpha value is -3.62. The minimum absolute atomic E-state index is 0.0923. The smallest absolute Gasteiger partial charge is 0.321 e. The summed E-state index contributed by atoms with van der Waals surface area (Å²) in [4.78, 5) is 43.1. The molecule has 2 fully saturated rings. The Morgan fingerprint density at radius 3 is 2.53 bits per heavy atom. The molecule has 9 heteroatoms. The minimum atomic E-state index is -0.567. The van der Waals surface area contributed by atoms with Crippen molar-refractivity contribution < 1.29 is 23.5 Å². The number of hydrogen-bond acceptors (Lipinski definition) is 4. The van der Waals surface area contributed by atoms with Crippen molar-refractivity contribution in [1.29, 1.82) is 0 Å². The van der Waals surface area contributed by atoms with Crippen LogP contribution < -0.4 is 10.1 Å². The minimum Gasteiger partial charge on any atom is -0.495 e. The summed E-state index contributed by atoms with van der Waals surface area (Å²) in [7, 11) is 1.56. The van der Waals surface area contributed by atoms with Gasteiger partial charge < -0.3 is 24.8 Å². The number of anilines is 1. The van der Waals surface area contributed by atoms with Crippen molar-refractivity contribution in [2.45, 2.75) is 32.4 Å². The first kappa shape index (κ1) is 23.5. The zero-order chi connectivity index (χ0) is 24.2. The molecule has 180 valence electrons. The second-order valence-electron chi connectivity index (χ2n) is 8.71. The van der Waals surface area contributed by atoms with E-state index in [1.165, 1.54) is 17.0 Å². The first-order valence-electron chi connectivity index (χ1n) is 11.4. The molecule has 2 aromatic carbocycles. The van der Waals surface area contributed by atoms with E-state index in [-0.39, 0.29) is 24.4 Å². The number of halogens is 1. The second kappa shape index (κ2) is 10.1. The number of urea groups is 1. The third-order valence-corrected chi connectivity index (χ3v) is 6.39. The number of piperazine rings is 1. The lowest BCUT2D eigenvalue weighted by molar-refractivity contribution is -0.158. The van der Waals surface area contributed by atoms with E-state index < -0.39 is 11.8 Å². The normalized spacial score (nSPS) is 17.2. The van der Waals surface area contributed by atoms with E-state index in [1.54, 1.807) is 29.0 Å². The van der Waals surface area contributed by atoms with E-state index >= 15 is 0 Å². The van der Waals surface area contributed by atoms with E-state index in [9.17, 15) is 18.8 Å². The standard InChI is InChI=1S/C25H29FN4O4/c1-17-6-7-22(34-2)21(14-17)27-25(33)28-10-8-20(9-11-28)30-13-12-29(23(31)24(30)32)16-18-4-3-5-19(26)15-18/h3-7,14-15,20H,8-13,16H2,1-2H3,(H,27,33). The Morgan fingerprint density at radius 2 is 1.82 bits per heavy atom. The fourth-order valence-electron chi connectivity index (χ4n) is 4.54. The second-order valence-corrected chi connectivity index (χ2v) is 8.71. The summed E-state index contributed by atoms with van der Waals surface area (Å²) < 4.78 is 18.8. The highest BCUT2D eigenvalue weighted by Gasteiger charge is 2.38. The molecule has 4 amide bonds. The first-order valence-corrected chi connectivity index (χ1v) is 11.4. The number of rotatable bonds is 5. The van der Waals surface area contributed by atoms with Crippen LogP contribution in [0.1, 0.15) is 24.0 Å². The number of likely N-dealkylation sites (tertiary alicyclic amines) is 1. The van der Waals surface area contributed by atoms with Gasteiger partial charge >= 0.3 is 17.8 Å². The van der Waals surface area contributed by atoms with Crippen LogP contribution in [-0.4, -0.2) is 71.9 Å². The van der Waals surface area contributed by atoms with Crippen LogP contribution in [0, 0.1) is 12.7 Å². The molecule has 2 heterocycles. The van der Waals surface area contributed by atoms with Crippen LogP contribution in [0.15, 0.2) is 42.5 Å². The molecule has 0 spiro atoms. The van der Waals surface area contributed by atoms with Crippen LogP contribution in [-0.2, 0) is 16.1 Å². The summed E-state index contributed by atoms with van der Waals surface area (Å²) in [6, 6.07) is 11.3. The number of ether oxygens (including phenoxy) is 1. The molecular weight excluding hydrogens is 439 g/mol. The number of piperidine rings is 1. The highest BCUT2D eigenvalue weighted by Crippen LogP contribution is 2.26. The van der Waals surface area contributed by atoms with Gasteiger partial charge in [0.2, 0.25) is 0 Å². The molecule has 2 aliphatic heterocycles. The van der Waals surface area contributed by atoms with Crippen LogP contribution in [0.5, 0.6) is 5.75 Å². The van der Waals surface area contributed by atoms with Crippen molar-refractivity contribution in [2.24, 2.45) is 0 Å². The van der Waals surface area contributed by atoms with Gasteiger partial charge in [0.15, 0.2) is 0 Å². The largest absolute Gasteiger partial charge is 0.495 e. The molecule has 0 aliphatic carbocycles. The zero-order valence-corrected chi connectivity index (χ0v) is 19.4. The molecule has 0 aromatic heterocycles. The molecular formula is C25H29FN4O4. The quantitative estimate of drug-likeness (QED) is 0.684. The maximum atomic E-state index is 13.4. The Morgan fingerprint density at radius 1 is 1.06 bits per heavy atom. The molecule has 1 N–H and O–H groups in total. The zero-order valence-electron chi connectivity index (χ0n) is 19.4. The molecule has 4 rings (SSSR count). The van der Waals surface area contributed by atoms with Crippen LogP contribution >= 0.6 is 0 Å². The van der Waals surface area contributed by atoms with Crippen LogP contribution in [0.2, 0.25) is 0 Å². The summed E-state index contributed by atoms with van der Waals surface area (Å²) >= 11 is 0. The van der Waals surface area contributed by atoms with Gasteiger partial charge in [-0.25, -0.2) is 9.18 Å². The molecule has 34 heavy (non-hydrogen) atoms. The van der Waals surface area contributed by atoms with Crippen molar-refractivity contribution in [2.75, 3.05) is 38.6 Å². The van der Waals surface area contributed by atoms with E-state index in [0.717, 1.165) is 5.56 Å². The molecule has 0 unspecified atom stereocenters. The van der Waals surface area contributed by atoms with Crippen LogP contribution in [0.25, 0.3) is 0 Å². The van der Waals surface area contributed by atoms with Gasteiger partial charge in [0.25, 0.3) is 0 Å². The van der Waals surface area contributed by atoms with Gasteiger partial charge in [0.05, 0.1) is 12.8 Å². The molecule has 2 aromatic rings. The number of benzene rings is 2. The lowest BCUT2D eigenvalue weighted by atomic mass is 10.0. The number of carbonyl (C=O) groups excluding carboxylic acids is 3. The Labute approximate surface area is 198 Å². The van der Waals surface area contributed by atoms with Crippen LogP contribution in [0.3, 0.4) is 0 Å². The van der Waals surface area contributed by atoms with Gasteiger partial charge in [0, 0.05) is 38.8 Å². The van der Waals surface area contributed by atoms with Crippen molar-refractivity contribution >= 4 is 23.5 Å². The summed E-state index contributed by atoms with van der Waals surface area (Å²) in [5.74, 6) is -0.877. The van der Waals surface area contributed by atoms with Crippen molar-refractivity contribution in [3.63, 3.8) is 0 Å². The van der Waals surface area contributed by atoms with Gasteiger partial charge in [-0.1, -0.05) is 18.2 Å². The average Bonchev–Trinajstić information content (AvgIpc) is 2.82. The number of carbonyl (C=O) groups is 3. The Balaban J connectivity index is 1.31. The topological polar surface area (TPSA) is 82.2 Å². The molecule has 0 bridgehead atoms. The highest BCUT2D eigenvalue weighted by atomic mass is 19.1. The summed E-state index contributed by atoms with van der Waals surface area (Å²) in [5.41, 5.74) is 2.28. The summed E-state index contributed by atoms with van der Waals surface area (Å²) in [5, 5.41) is 2.91. The molecule has 2 aliphatic rings. The van der Waals surface area contributed by atoms with Crippen molar-refractivity contribution in [3.05, 3.63) is 59.4 Å². The first-order chi connectivity index (χ1) is 16.4. The number of methoxy groups -OCH3 is 1. The number of aryl methyl sites for hydroxylation is 1. The lowest BCUT2D eigenvalue weighted by Crippen LogP contribution is -2.59. The fourth-order valence-corrected chi connectivity index (χ4v) is 4.54. The van der Waals surface area contributed by atoms with Gasteiger partial charge in [-0.2, -0.15) is 0 Å². The van der Waals surface area contributed by atoms with E-state index in [1.807, 2.05) is 25.1 Å². The van der Waals surface area contributed by atoms with Crippen molar-refractivity contribution in [1.82, 2.24) is 14.7 Å². The SMILES string of the molecule is COc1ccc(C)cc1NC(=O)N1CCC(N2CCN(Cc3cccc(F)c3)C(=O)C2=O)CC1. The van der Waals surface area contributed by atoms with Gasteiger partial charge in [-0.3, -0.25) is 9.59 Å². The molecule has 0 atom stereocenters. The fraction of sp³-hybridized carbons (Fsp3) is 0.400. The van der Waals surface area contributed by atoms with E-state index in [2.05, 4.69) is 5.32 Å². The molecule has 8 nitrogen and oxygen atoms in total. The summed E-state index contributed by atoms with van der Waals surface area (Å²) in [6.45, 7) is 3.94. The Bertz CT molecular complexity index is 1080. The van der Waals surface area contributed by atoms with Gasteiger partial charge in [-0.15, -0.1) is 0 Å². The number of nitrogens with zero attached hydrogens (tertiary/aromatic N) is 3. The van der Waals surface area contributed by atoms with Gasteiger partial charge in [0.1, 0.15) is 11.6 Å². The molecule has 0 saturated carbocycles. The third kappa shape index (κ3) is 5.13. The lowest BCUT2D eigenvalue weighted by Gasteiger charge is -2.42. The van der Waals surface area contributed by atoms with Gasteiger partial charge in [-0.05, 0) is 55.2 Å². The maximum Gasteiger partial charge on any atom is 0.321 e. The van der Waals surface area contributed by atoms with E-state index in [4.69, 9.17) is 4.74 Å². The number of nitrogens with one attached hydrogen (secondary N) is 1.